The zero-order valence-corrected chi connectivity index (χ0v) is 22.8. The van der Waals surface area contributed by atoms with E-state index in [1.165, 1.54) is 30.5 Å². The van der Waals surface area contributed by atoms with Gasteiger partial charge < -0.3 is 19.3 Å². The third-order valence-electron chi connectivity index (χ3n) is 5.42. The molecule has 1 aromatic heterocycles. The van der Waals surface area contributed by atoms with E-state index in [1.54, 1.807) is 35.2 Å². The highest BCUT2D eigenvalue weighted by atomic mass is 79.9. The van der Waals surface area contributed by atoms with Gasteiger partial charge in [-0.1, -0.05) is 63.4 Å². The predicted octanol–water partition coefficient (Wildman–Crippen LogP) is 7.67. The second-order valence-electron chi connectivity index (χ2n) is 7.97. The Morgan fingerprint density at radius 2 is 1.74 bits per heavy atom. The Bertz CT molecular complexity index is 1560. The number of rotatable bonds is 8. The van der Waals surface area contributed by atoms with Crippen LogP contribution in [0.15, 0.2) is 75.8 Å². The first-order valence-corrected chi connectivity index (χ1v) is 13.7. The Balaban J connectivity index is 1.72. The van der Waals surface area contributed by atoms with Gasteiger partial charge in [-0.2, -0.15) is 8.78 Å². The van der Waals surface area contributed by atoms with Gasteiger partial charge in [-0.05, 0) is 42.0 Å². The molecule has 0 saturated heterocycles. The van der Waals surface area contributed by atoms with Gasteiger partial charge in [0.2, 0.25) is 0 Å². The number of anilines is 2. The number of carboxylic acid groups (broad SMARTS) is 1. The van der Waals surface area contributed by atoms with Crippen molar-refractivity contribution in [3.8, 4) is 11.3 Å². The molecule has 0 spiro atoms. The van der Waals surface area contributed by atoms with Gasteiger partial charge in [0.1, 0.15) is 0 Å². The van der Waals surface area contributed by atoms with Crippen molar-refractivity contribution in [1.82, 2.24) is 4.98 Å². The van der Waals surface area contributed by atoms with Gasteiger partial charge in [0.25, 0.3) is 0 Å². The lowest BCUT2D eigenvalue weighted by atomic mass is 10.1. The molecule has 38 heavy (non-hydrogen) atoms. The zero-order chi connectivity index (χ0) is 27.8. The molecule has 0 unspecified atom stereocenters. The Hall–Kier alpha value is -2.79. The number of aromatic carboxylic acids is 1. The monoisotopic (exact) mass is 646 g/mol. The molecule has 0 radical (unpaired) electrons. The van der Waals surface area contributed by atoms with Gasteiger partial charge in [0.05, 0.1) is 28.4 Å². The number of hydrogen-bond acceptors (Lipinski definition) is 5. The normalized spacial score (nSPS) is 12.0. The molecule has 0 atom stereocenters. The highest BCUT2D eigenvalue weighted by Crippen LogP contribution is 2.60. The van der Waals surface area contributed by atoms with E-state index in [0.717, 1.165) is 6.07 Å². The fraction of sp³-hybridized carbons (Fsp3) is 0.0833. The fourth-order valence-corrected chi connectivity index (χ4v) is 5.09. The third-order valence-corrected chi connectivity index (χ3v) is 7.79. The van der Waals surface area contributed by atoms with Gasteiger partial charge in [-0.15, -0.1) is 0 Å². The van der Waals surface area contributed by atoms with Crippen LogP contribution in [-0.2, 0) is 16.8 Å². The second kappa shape index (κ2) is 10.8. The second-order valence-corrected chi connectivity index (χ2v) is 11.3. The van der Waals surface area contributed by atoms with Crippen molar-refractivity contribution in [2.45, 2.75) is 12.2 Å². The van der Waals surface area contributed by atoms with Crippen molar-refractivity contribution in [1.29, 1.82) is 0 Å². The zero-order valence-electron chi connectivity index (χ0n) is 18.9. The summed E-state index contributed by atoms with van der Waals surface area (Å²) in [6.45, 7) is 0.0240. The van der Waals surface area contributed by atoms with E-state index in [0.29, 0.717) is 27.6 Å². The number of hydrogen-bond donors (Lipinski definition) is 3. The molecule has 4 aromatic rings. The van der Waals surface area contributed by atoms with Crippen LogP contribution in [0.1, 0.15) is 21.5 Å². The molecule has 0 amide bonds. The number of alkyl halides is 2. The van der Waals surface area contributed by atoms with E-state index in [9.17, 15) is 18.1 Å². The van der Waals surface area contributed by atoms with E-state index in [4.69, 9.17) is 42.5 Å². The topological polar surface area (TPSA) is 124 Å². The lowest BCUT2D eigenvalue weighted by Crippen LogP contribution is -2.18. The van der Waals surface area contributed by atoms with Gasteiger partial charge in [-0.3, -0.25) is 9.46 Å². The maximum absolute atomic E-state index is 14.3. The lowest BCUT2D eigenvalue weighted by Gasteiger charge is -2.23. The van der Waals surface area contributed by atoms with E-state index in [-0.39, 0.29) is 27.6 Å². The molecule has 0 bridgehead atoms. The van der Waals surface area contributed by atoms with E-state index < -0.39 is 24.8 Å². The number of benzene rings is 3. The number of oxazole rings is 1. The molecule has 198 valence electrons. The van der Waals surface area contributed by atoms with Crippen LogP contribution in [0.3, 0.4) is 0 Å². The molecule has 0 fully saturated rings. The average molecular weight is 648 g/mol. The average Bonchev–Trinajstić information content (AvgIpc) is 3.33. The van der Waals surface area contributed by atoms with Crippen molar-refractivity contribution in [3.63, 3.8) is 0 Å². The first-order valence-electron chi connectivity index (χ1n) is 10.5. The van der Waals surface area contributed by atoms with Crippen LogP contribution in [0.25, 0.3) is 11.3 Å². The van der Waals surface area contributed by atoms with Crippen LogP contribution in [0.5, 0.6) is 0 Å². The minimum Gasteiger partial charge on any atom is -0.478 e. The maximum atomic E-state index is 14.3. The number of carboxylic acids is 1. The van der Waals surface area contributed by atoms with E-state index in [2.05, 4.69) is 20.9 Å². The Kier molecular flexibility index (Phi) is 7.99. The number of nitrogens with zero attached hydrogens (tertiary/aromatic N) is 2. The van der Waals surface area contributed by atoms with Crippen molar-refractivity contribution in [2.75, 3.05) is 4.90 Å². The molecular weight excluding hydrogens is 632 g/mol. The maximum Gasteiger partial charge on any atom is 0.399 e. The van der Waals surface area contributed by atoms with Crippen LogP contribution in [0.2, 0.25) is 10.0 Å². The summed E-state index contributed by atoms with van der Waals surface area (Å²) in [6, 6.07) is 14.3. The molecule has 3 aromatic carbocycles. The van der Waals surface area contributed by atoms with Crippen molar-refractivity contribution in [3.05, 3.63) is 98.1 Å². The molecule has 0 saturated carbocycles. The molecule has 0 aliphatic rings. The van der Waals surface area contributed by atoms with E-state index in [1.807, 2.05) is 0 Å². The Labute approximate surface area is 232 Å². The molecular formula is C24H16BrCl2F2N2O6P. The third kappa shape index (κ3) is 5.78. The summed E-state index contributed by atoms with van der Waals surface area (Å²) in [5.74, 6) is -0.740. The van der Waals surface area contributed by atoms with Crippen LogP contribution >= 0.6 is 46.7 Å². The summed E-state index contributed by atoms with van der Waals surface area (Å²) in [5, 5.41) is 9.64. The summed E-state index contributed by atoms with van der Waals surface area (Å²) in [7, 11) is -5.76. The van der Waals surface area contributed by atoms with Gasteiger partial charge in [0, 0.05) is 21.3 Å². The molecule has 1 heterocycles. The van der Waals surface area contributed by atoms with Gasteiger partial charge in [-0.25, -0.2) is 9.78 Å². The molecule has 0 aliphatic carbocycles. The molecule has 14 heteroatoms. The summed E-state index contributed by atoms with van der Waals surface area (Å²) < 4.78 is 45.6. The Morgan fingerprint density at radius 1 is 1.05 bits per heavy atom. The van der Waals surface area contributed by atoms with Crippen molar-refractivity contribution >= 4 is 64.4 Å². The van der Waals surface area contributed by atoms with Gasteiger partial charge >= 0.3 is 25.2 Å². The minimum absolute atomic E-state index is 0.0240. The molecule has 4 rings (SSSR count). The first-order chi connectivity index (χ1) is 17.8. The SMILES string of the molecule is O=C(O)c1ccc(-c2cnc(N(Cc3ccc(C(F)(F)P(=O)(O)O)c(Br)c3)c3ccc(Cl)c(Cl)c3)o2)cc1. The predicted molar refractivity (Wildman–Crippen MR) is 141 cm³/mol. The fourth-order valence-electron chi connectivity index (χ4n) is 3.46. The smallest absolute Gasteiger partial charge is 0.399 e. The summed E-state index contributed by atoms with van der Waals surface area (Å²) >= 11 is 15.3. The highest BCUT2D eigenvalue weighted by molar-refractivity contribution is 9.10. The summed E-state index contributed by atoms with van der Waals surface area (Å²) in [6.07, 6.45) is 1.44. The minimum atomic E-state index is -5.76. The largest absolute Gasteiger partial charge is 0.478 e. The van der Waals surface area contributed by atoms with Crippen LogP contribution in [0.4, 0.5) is 20.5 Å². The van der Waals surface area contributed by atoms with Crippen molar-refractivity contribution in [2.24, 2.45) is 0 Å². The van der Waals surface area contributed by atoms with Gasteiger partial charge in [0.15, 0.2) is 5.76 Å². The number of carbonyl (C=O) groups is 1. The highest BCUT2D eigenvalue weighted by Gasteiger charge is 2.51. The lowest BCUT2D eigenvalue weighted by molar-refractivity contribution is 0.0557. The van der Waals surface area contributed by atoms with Crippen LogP contribution in [0, 0.1) is 0 Å². The number of halogens is 5. The summed E-state index contributed by atoms with van der Waals surface area (Å²) in [5.41, 5.74) is -3.63. The Morgan fingerprint density at radius 3 is 2.32 bits per heavy atom. The quantitative estimate of drug-likeness (QED) is 0.166. The van der Waals surface area contributed by atoms with Crippen LogP contribution < -0.4 is 4.90 Å². The van der Waals surface area contributed by atoms with E-state index >= 15 is 0 Å². The van der Waals surface area contributed by atoms with Crippen LogP contribution in [-0.4, -0.2) is 25.8 Å². The molecule has 0 aliphatic heterocycles. The summed E-state index contributed by atoms with van der Waals surface area (Å²) in [4.78, 5) is 35.2. The first kappa shape index (κ1) is 28.2. The van der Waals surface area contributed by atoms with Crippen molar-refractivity contribution < 1.29 is 37.5 Å². The number of aromatic nitrogens is 1. The molecule has 3 N–H and O–H groups in total. The molecule has 8 nitrogen and oxygen atoms in total. The standard InChI is InChI=1S/C24H16BrCl2F2N2O6P/c25-18-9-13(1-7-17(18)24(28,29)38(34,35)36)12-31(16-6-8-19(26)20(27)10-16)23-30-11-21(37-23)14-2-4-15(5-3-14)22(32)33/h1-11H,12H2,(H,32,33)(H2,34,35,36).